The highest BCUT2D eigenvalue weighted by Crippen LogP contribution is 2.13. The van der Waals surface area contributed by atoms with Gasteiger partial charge in [-0.15, -0.1) is 0 Å². The Morgan fingerprint density at radius 1 is 1.50 bits per heavy atom. The van der Waals surface area contributed by atoms with E-state index in [-0.39, 0.29) is 10.6 Å². The summed E-state index contributed by atoms with van der Waals surface area (Å²) in [6.07, 6.45) is 0. The molecule has 0 spiro atoms. The van der Waals surface area contributed by atoms with Gasteiger partial charge in [-0.1, -0.05) is 6.07 Å². The second-order valence-corrected chi connectivity index (χ2v) is 7.22. The Kier molecular flexibility index (Phi) is 4.76. The van der Waals surface area contributed by atoms with Crippen LogP contribution in [0, 0.1) is 11.3 Å². The Labute approximate surface area is 120 Å². The third-order valence-corrected chi connectivity index (χ3v) is 5.14. The van der Waals surface area contributed by atoms with Crippen molar-refractivity contribution < 1.29 is 8.42 Å². The van der Waals surface area contributed by atoms with Crippen LogP contribution in [-0.4, -0.2) is 51.3 Å². The summed E-state index contributed by atoms with van der Waals surface area (Å²) in [7, 11) is -3.32. The highest BCUT2D eigenvalue weighted by atomic mass is 32.2. The summed E-state index contributed by atoms with van der Waals surface area (Å²) < 4.78 is 24.5. The van der Waals surface area contributed by atoms with Crippen LogP contribution in [0.5, 0.6) is 0 Å². The average Bonchev–Trinajstić information content (AvgIpc) is 2.45. The standard InChI is InChI=1S/C14H19N3O2S/c1-12-11-17(6-5-16-12)7-8-20(18,19)14-4-2-3-13(9-14)10-15/h2-4,9,12,16H,5-8,11H2,1H3/t12-/m1/s1. The molecule has 1 aliphatic heterocycles. The van der Waals surface area contributed by atoms with Crippen molar-refractivity contribution >= 4 is 9.84 Å². The molecule has 5 nitrogen and oxygen atoms in total. The third kappa shape index (κ3) is 3.79. The van der Waals surface area contributed by atoms with Crippen LogP contribution < -0.4 is 5.32 Å². The van der Waals surface area contributed by atoms with Gasteiger partial charge in [-0.05, 0) is 25.1 Å². The summed E-state index contributed by atoms with van der Waals surface area (Å²) in [6.45, 7) is 5.26. The Morgan fingerprint density at radius 2 is 2.30 bits per heavy atom. The lowest BCUT2D eigenvalue weighted by Crippen LogP contribution is -2.50. The van der Waals surface area contributed by atoms with Crippen LogP contribution in [0.2, 0.25) is 0 Å². The molecule has 1 saturated heterocycles. The maximum absolute atomic E-state index is 12.3. The smallest absolute Gasteiger partial charge is 0.179 e. The first kappa shape index (κ1) is 15.0. The quantitative estimate of drug-likeness (QED) is 0.881. The van der Waals surface area contributed by atoms with Gasteiger partial charge in [0.2, 0.25) is 0 Å². The monoisotopic (exact) mass is 293 g/mol. The van der Waals surface area contributed by atoms with Crippen LogP contribution >= 0.6 is 0 Å². The van der Waals surface area contributed by atoms with Gasteiger partial charge in [0.1, 0.15) is 0 Å². The van der Waals surface area contributed by atoms with Gasteiger partial charge in [-0.2, -0.15) is 5.26 Å². The zero-order valence-electron chi connectivity index (χ0n) is 11.5. The van der Waals surface area contributed by atoms with Gasteiger partial charge >= 0.3 is 0 Å². The first-order valence-corrected chi connectivity index (χ1v) is 8.35. The molecule has 1 N–H and O–H groups in total. The fraction of sp³-hybridized carbons (Fsp3) is 0.500. The molecule has 1 aromatic rings. The Hall–Kier alpha value is -1.42. The summed E-state index contributed by atoms with van der Waals surface area (Å²) in [6, 6.07) is 8.57. The minimum atomic E-state index is -3.32. The maximum Gasteiger partial charge on any atom is 0.179 e. The molecule has 0 saturated carbocycles. The maximum atomic E-state index is 12.3. The van der Waals surface area contributed by atoms with E-state index >= 15 is 0 Å². The molecule has 0 bridgehead atoms. The molecule has 2 rings (SSSR count). The normalized spacial score (nSPS) is 20.5. The molecule has 1 aliphatic rings. The second kappa shape index (κ2) is 6.35. The summed E-state index contributed by atoms with van der Waals surface area (Å²) in [5.74, 6) is 0.0919. The fourth-order valence-electron chi connectivity index (χ4n) is 2.34. The first-order valence-electron chi connectivity index (χ1n) is 6.70. The van der Waals surface area contributed by atoms with Crippen molar-refractivity contribution in [2.45, 2.75) is 17.9 Å². The molecule has 0 aliphatic carbocycles. The summed E-state index contributed by atoms with van der Waals surface area (Å²) in [4.78, 5) is 2.40. The summed E-state index contributed by atoms with van der Waals surface area (Å²) in [5.41, 5.74) is 0.377. The van der Waals surface area contributed by atoms with Crippen molar-refractivity contribution in [1.29, 1.82) is 5.26 Å². The summed E-state index contributed by atoms with van der Waals surface area (Å²) >= 11 is 0. The molecule has 0 radical (unpaired) electrons. The fourth-order valence-corrected chi connectivity index (χ4v) is 3.67. The number of rotatable bonds is 4. The molecule has 6 heteroatoms. The van der Waals surface area contributed by atoms with Crippen molar-refractivity contribution in [2.75, 3.05) is 31.9 Å². The van der Waals surface area contributed by atoms with Gasteiger partial charge < -0.3 is 5.32 Å². The summed E-state index contributed by atoms with van der Waals surface area (Å²) in [5, 5.41) is 12.2. The molecule has 1 atom stereocenters. The topological polar surface area (TPSA) is 73.2 Å². The number of hydrogen-bond donors (Lipinski definition) is 1. The lowest BCUT2D eigenvalue weighted by atomic mass is 10.2. The van der Waals surface area contributed by atoms with Crippen LogP contribution in [-0.2, 0) is 9.84 Å². The van der Waals surface area contributed by atoms with Crippen LogP contribution in [0.25, 0.3) is 0 Å². The number of hydrogen-bond acceptors (Lipinski definition) is 5. The predicted molar refractivity (Wildman–Crippen MR) is 77.1 cm³/mol. The molecule has 1 aromatic carbocycles. The van der Waals surface area contributed by atoms with E-state index in [0.29, 0.717) is 18.2 Å². The molecule has 0 aromatic heterocycles. The third-order valence-electron chi connectivity index (χ3n) is 3.45. The minimum absolute atomic E-state index is 0.0919. The minimum Gasteiger partial charge on any atom is -0.312 e. The van der Waals surface area contributed by atoms with Crippen molar-refractivity contribution in [3.8, 4) is 6.07 Å². The van der Waals surface area contributed by atoms with Crippen LogP contribution in [0.3, 0.4) is 0 Å². The second-order valence-electron chi connectivity index (χ2n) is 5.11. The van der Waals surface area contributed by atoms with E-state index in [9.17, 15) is 8.42 Å². The van der Waals surface area contributed by atoms with Gasteiger partial charge in [0.05, 0.1) is 22.3 Å². The van der Waals surface area contributed by atoms with Gasteiger partial charge in [-0.3, -0.25) is 4.90 Å². The van der Waals surface area contributed by atoms with E-state index in [2.05, 4.69) is 17.1 Å². The molecule has 1 fully saturated rings. The largest absolute Gasteiger partial charge is 0.312 e. The van der Waals surface area contributed by atoms with Crippen molar-refractivity contribution in [3.05, 3.63) is 29.8 Å². The SMILES string of the molecule is C[C@@H]1CN(CCS(=O)(=O)c2cccc(C#N)c2)CCN1. The lowest BCUT2D eigenvalue weighted by molar-refractivity contribution is 0.217. The number of piperazine rings is 1. The molecule has 0 unspecified atom stereocenters. The number of nitrogens with zero attached hydrogens (tertiary/aromatic N) is 2. The van der Waals surface area contributed by atoms with E-state index < -0.39 is 9.84 Å². The van der Waals surface area contributed by atoms with Crippen molar-refractivity contribution in [1.82, 2.24) is 10.2 Å². The molecule has 20 heavy (non-hydrogen) atoms. The zero-order valence-corrected chi connectivity index (χ0v) is 12.4. The van der Waals surface area contributed by atoms with E-state index in [1.165, 1.54) is 6.07 Å². The predicted octanol–water partition coefficient (Wildman–Crippen LogP) is 0.626. The molecular formula is C14H19N3O2S. The molecule has 0 amide bonds. The van der Waals surface area contributed by atoms with Gasteiger partial charge in [-0.25, -0.2) is 8.42 Å². The van der Waals surface area contributed by atoms with Gasteiger partial charge in [0, 0.05) is 32.2 Å². The first-order chi connectivity index (χ1) is 9.51. The Bertz CT molecular complexity index is 607. The van der Waals surface area contributed by atoms with Crippen LogP contribution in [0.1, 0.15) is 12.5 Å². The number of sulfone groups is 1. The zero-order chi connectivity index (χ0) is 14.6. The Balaban J connectivity index is 2.02. The highest BCUT2D eigenvalue weighted by Gasteiger charge is 2.20. The average molecular weight is 293 g/mol. The van der Waals surface area contributed by atoms with Crippen molar-refractivity contribution in [3.63, 3.8) is 0 Å². The van der Waals surface area contributed by atoms with Crippen molar-refractivity contribution in [2.24, 2.45) is 0 Å². The number of nitriles is 1. The number of nitrogens with one attached hydrogen (secondary N) is 1. The van der Waals surface area contributed by atoms with E-state index in [1.54, 1.807) is 18.2 Å². The van der Waals surface area contributed by atoms with E-state index in [1.807, 2.05) is 6.07 Å². The lowest BCUT2D eigenvalue weighted by Gasteiger charge is -2.31. The van der Waals surface area contributed by atoms with Gasteiger partial charge in [0.15, 0.2) is 9.84 Å². The highest BCUT2D eigenvalue weighted by molar-refractivity contribution is 7.91. The molecular weight excluding hydrogens is 274 g/mol. The number of benzene rings is 1. The van der Waals surface area contributed by atoms with Gasteiger partial charge in [0.25, 0.3) is 0 Å². The molecule has 1 heterocycles. The Morgan fingerprint density at radius 3 is 3.00 bits per heavy atom. The molecule has 108 valence electrons. The van der Waals surface area contributed by atoms with E-state index in [4.69, 9.17) is 5.26 Å². The van der Waals surface area contributed by atoms with E-state index in [0.717, 1.165) is 19.6 Å². The van der Waals surface area contributed by atoms with Crippen LogP contribution in [0.4, 0.5) is 0 Å². The van der Waals surface area contributed by atoms with Crippen LogP contribution in [0.15, 0.2) is 29.2 Å².